The minimum Gasteiger partial charge on any atom is -0.356 e. The van der Waals surface area contributed by atoms with Crippen LogP contribution in [0, 0.1) is 15.3 Å². The summed E-state index contributed by atoms with van der Waals surface area (Å²) in [6.45, 7) is 0. The number of hydrogen-bond acceptors (Lipinski definition) is 6. The van der Waals surface area contributed by atoms with Crippen LogP contribution < -0.4 is 16.5 Å². The molecule has 1 heterocycles. The van der Waals surface area contributed by atoms with E-state index in [9.17, 15) is 0 Å². The van der Waals surface area contributed by atoms with Gasteiger partial charge in [-0.25, -0.2) is 4.99 Å². The molecule has 1 aromatic heterocycles. The number of aromatic amines is 1. The summed E-state index contributed by atoms with van der Waals surface area (Å²) in [5.41, 5.74) is 10.1. The summed E-state index contributed by atoms with van der Waals surface area (Å²) in [6, 6.07) is 0. The van der Waals surface area contributed by atoms with Crippen molar-refractivity contribution in [1.29, 1.82) is 0 Å². The van der Waals surface area contributed by atoms with E-state index in [-0.39, 0.29) is 11.9 Å². The zero-order chi connectivity index (χ0) is 10.3. The van der Waals surface area contributed by atoms with Crippen molar-refractivity contribution in [3.63, 3.8) is 0 Å². The Balaban J connectivity index is 0.000000310. The van der Waals surface area contributed by atoms with Gasteiger partial charge in [-0.2, -0.15) is 0 Å². The number of nitrogens with one attached hydrogen (secondary N) is 2. The van der Waals surface area contributed by atoms with Crippen molar-refractivity contribution in [3.8, 4) is 0 Å². The fraction of sp³-hybridized carbons (Fsp3) is 0. The van der Waals surface area contributed by atoms with Crippen LogP contribution in [0.15, 0.2) is 0 Å². The van der Waals surface area contributed by atoms with Crippen LogP contribution in [0.25, 0.3) is 0 Å². The Morgan fingerprint density at radius 2 is 2.08 bits per heavy atom. The molecular formula is C2H6N8O3. The molecule has 0 spiro atoms. The van der Waals surface area contributed by atoms with Gasteiger partial charge in [0.2, 0.25) is 0 Å². The zero-order valence-corrected chi connectivity index (χ0v) is 6.17. The van der Waals surface area contributed by atoms with Crippen molar-refractivity contribution < 1.29 is 10.1 Å². The molecule has 0 saturated heterocycles. The van der Waals surface area contributed by atoms with E-state index >= 15 is 0 Å². The van der Waals surface area contributed by atoms with Crippen LogP contribution in [-0.4, -0.2) is 31.7 Å². The van der Waals surface area contributed by atoms with Crippen molar-refractivity contribution in [1.82, 2.24) is 20.6 Å². The third-order valence-corrected chi connectivity index (χ3v) is 0.601. The van der Waals surface area contributed by atoms with Crippen molar-refractivity contribution >= 4 is 11.9 Å². The van der Waals surface area contributed by atoms with Crippen LogP contribution in [0.5, 0.6) is 0 Å². The summed E-state index contributed by atoms with van der Waals surface area (Å²) in [4.78, 5) is 10.7. The van der Waals surface area contributed by atoms with Gasteiger partial charge in [0, 0.05) is 10.3 Å². The Morgan fingerprint density at radius 1 is 1.54 bits per heavy atom. The first-order valence-corrected chi connectivity index (χ1v) is 2.72. The third-order valence-electron chi connectivity index (χ3n) is 0.601. The SMILES string of the molecule is NC(N)=[NH+]c1nn[nH]n1.O=[N+]([O-])[O-]. The molecule has 0 aromatic carbocycles. The number of hydrogen-bond donors (Lipinski definition) is 4. The minimum atomic E-state index is -1.75. The lowest BCUT2D eigenvalue weighted by Gasteiger charge is -1.77. The van der Waals surface area contributed by atoms with Crippen molar-refractivity contribution in [2.75, 3.05) is 0 Å². The number of nitrogens with zero attached hydrogens (tertiary/aromatic N) is 4. The number of tetrazole rings is 1. The Kier molecular flexibility index (Phi) is 4.24. The van der Waals surface area contributed by atoms with Crippen LogP contribution in [-0.2, 0) is 0 Å². The van der Waals surface area contributed by atoms with Crippen LogP contribution >= 0.6 is 0 Å². The number of guanidine groups is 1. The second kappa shape index (κ2) is 5.22. The summed E-state index contributed by atoms with van der Waals surface area (Å²) >= 11 is 0. The van der Waals surface area contributed by atoms with Gasteiger partial charge in [-0.3, -0.25) is 0 Å². The first kappa shape index (κ1) is 10.5. The first-order chi connectivity index (χ1) is 6.02. The predicted octanol–water partition coefficient (Wildman–Crippen LogP) is -4.05. The monoisotopic (exact) mass is 190 g/mol. The number of H-pyrrole nitrogens is 1. The fourth-order valence-electron chi connectivity index (χ4n) is 0.344. The van der Waals surface area contributed by atoms with E-state index in [1.165, 1.54) is 0 Å². The molecule has 0 aliphatic carbocycles. The minimum absolute atomic E-state index is 0.0383. The average molecular weight is 190 g/mol. The number of rotatable bonds is 1. The largest absolute Gasteiger partial charge is 0.396 e. The second-order valence-corrected chi connectivity index (χ2v) is 1.54. The summed E-state index contributed by atoms with van der Waals surface area (Å²) in [7, 11) is 0. The molecule has 13 heavy (non-hydrogen) atoms. The van der Waals surface area contributed by atoms with Gasteiger partial charge < -0.3 is 26.8 Å². The molecule has 0 atom stereocenters. The van der Waals surface area contributed by atoms with Crippen LogP contribution in [0.1, 0.15) is 0 Å². The Labute approximate surface area is 70.6 Å². The number of aromatic nitrogens is 4. The predicted molar refractivity (Wildman–Crippen MR) is 38.5 cm³/mol. The maximum atomic E-state index is 8.25. The van der Waals surface area contributed by atoms with Gasteiger partial charge in [0.15, 0.2) is 0 Å². The molecule has 1 aromatic rings. The standard InChI is InChI=1S/C2H5N7.NO3/c3-1(4)5-2-6-8-9-7-2;2-1(3)4/h(H5,3,4,5,6,7,8,9);/q;-1/p+1. The lowest BCUT2D eigenvalue weighted by atomic mass is 11.0. The molecule has 0 amide bonds. The summed E-state index contributed by atoms with van der Waals surface area (Å²) in [5.74, 6) is 0.298. The Morgan fingerprint density at radius 3 is 2.38 bits per heavy atom. The molecule has 0 fully saturated rings. The smallest absolute Gasteiger partial charge is 0.356 e. The normalized spacial score (nSPS) is 8.00. The molecule has 6 N–H and O–H groups in total. The highest BCUT2D eigenvalue weighted by molar-refractivity contribution is 5.69. The topological polar surface area (TPSA) is 187 Å². The van der Waals surface area contributed by atoms with Crippen molar-refractivity contribution in [2.24, 2.45) is 11.5 Å². The van der Waals surface area contributed by atoms with E-state index in [4.69, 9.17) is 26.8 Å². The zero-order valence-electron chi connectivity index (χ0n) is 6.17. The van der Waals surface area contributed by atoms with E-state index in [2.05, 4.69) is 25.6 Å². The molecule has 0 radical (unpaired) electrons. The van der Waals surface area contributed by atoms with Gasteiger partial charge in [0.1, 0.15) is 0 Å². The molecule has 1 rings (SSSR count). The Bertz CT molecular complexity index is 270. The quantitative estimate of drug-likeness (QED) is 0.149. The first-order valence-electron chi connectivity index (χ1n) is 2.72. The van der Waals surface area contributed by atoms with E-state index in [1.54, 1.807) is 0 Å². The fourth-order valence-corrected chi connectivity index (χ4v) is 0.344. The molecule has 0 unspecified atom stereocenters. The van der Waals surface area contributed by atoms with Crippen LogP contribution in [0.3, 0.4) is 0 Å². The molecular weight excluding hydrogens is 184 g/mol. The van der Waals surface area contributed by atoms with E-state index in [0.717, 1.165) is 0 Å². The average Bonchev–Trinajstić information content (AvgIpc) is 2.36. The highest BCUT2D eigenvalue weighted by atomic mass is 16.9. The van der Waals surface area contributed by atoms with Crippen LogP contribution in [0.4, 0.5) is 5.95 Å². The Hall–Kier alpha value is -2.46. The summed E-state index contributed by atoms with van der Waals surface area (Å²) in [6.07, 6.45) is 0. The highest BCUT2D eigenvalue weighted by Gasteiger charge is 1.97. The van der Waals surface area contributed by atoms with Crippen molar-refractivity contribution in [3.05, 3.63) is 15.3 Å². The van der Waals surface area contributed by atoms with Gasteiger partial charge in [-0.05, 0) is 5.10 Å². The maximum absolute atomic E-state index is 8.25. The van der Waals surface area contributed by atoms with Crippen LogP contribution in [0.2, 0.25) is 0 Å². The van der Waals surface area contributed by atoms with Crippen molar-refractivity contribution in [2.45, 2.75) is 0 Å². The van der Waals surface area contributed by atoms with Gasteiger partial charge in [0.05, 0.1) is 5.09 Å². The van der Waals surface area contributed by atoms with E-state index in [0.29, 0.717) is 0 Å². The summed E-state index contributed by atoms with van der Waals surface area (Å²) in [5, 5.41) is 27.3. The molecule has 11 heteroatoms. The summed E-state index contributed by atoms with van der Waals surface area (Å²) < 4.78 is 0. The number of nitrogens with two attached hydrogens (primary N) is 2. The molecule has 0 bridgehead atoms. The lowest BCUT2D eigenvalue weighted by molar-refractivity contribution is -0.402. The van der Waals surface area contributed by atoms with Gasteiger partial charge in [0.25, 0.3) is 5.96 Å². The van der Waals surface area contributed by atoms with Gasteiger partial charge in [-0.15, -0.1) is 5.21 Å². The lowest BCUT2D eigenvalue weighted by Crippen LogP contribution is -2.73. The maximum Gasteiger partial charge on any atom is 0.396 e. The molecule has 0 aliphatic rings. The second-order valence-electron chi connectivity index (χ2n) is 1.54. The van der Waals surface area contributed by atoms with Gasteiger partial charge in [-0.1, -0.05) is 0 Å². The van der Waals surface area contributed by atoms with E-state index < -0.39 is 5.09 Å². The molecule has 0 saturated carbocycles. The van der Waals surface area contributed by atoms with Gasteiger partial charge >= 0.3 is 5.95 Å². The third kappa shape index (κ3) is 7.44. The molecule has 11 nitrogen and oxygen atoms in total. The van der Waals surface area contributed by atoms with E-state index in [1.807, 2.05) is 0 Å². The highest BCUT2D eigenvalue weighted by Crippen LogP contribution is 1.69. The molecule has 0 aliphatic heterocycles. The molecule has 72 valence electrons.